The second kappa shape index (κ2) is 10.3. The van der Waals surface area contributed by atoms with Crippen LogP contribution in [0.2, 0.25) is 0 Å². The molecule has 3 fully saturated rings. The fourth-order valence-corrected chi connectivity index (χ4v) is 8.32. The number of nitrogens with zero attached hydrogens (tertiary/aromatic N) is 1. The fourth-order valence-electron chi connectivity index (χ4n) is 5.29. The van der Waals surface area contributed by atoms with Crippen molar-refractivity contribution in [3.05, 3.63) is 0 Å². The van der Waals surface area contributed by atoms with Gasteiger partial charge in [0.05, 0.1) is 12.1 Å². The zero-order valence-corrected chi connectivity index (χ0v) is 22.0. The van der Waals surface area contributed by atoms with Gasteiger partial charge in [-0.1, -0.05) is 32.1 Å². The number of carbonyl (C=O) groups is 2. The molecule has 6 nitrogen and oxygen atoms in total. The molecule has 1 amide bonds. The van der Waals surface area contributed by atoms with Crippen LogP contribution in [0, 0.1) is 5.92 Å². The lowest BCUT2D eigenvalue weighted by molar-refractivity contribution is -0.137. The van der Waals surface area contributed by atoms with Gasteiger partial charge in [0.15, 0.2) is 4.08 Å². The molecular weight excluding hydrogens is 446 g/mol. The van der Waals surface area contributed by atoms with E-state index < -0.39 is 21.4 Å². The van der Waals surface area contributed by atoms with Crippen molar-refractivity contribution < 1.29 is 24.2 Å². The average molecular weight is 488 g/mol. The van der Waals surface area contributed by atoms with Gasteiger partial charge in [0.1, 0.15) is 11.3 Å². The van der Waals surface area contributed by atoms with Crippen LogP contribution in [0.4, 0.5) is 4.79 Å². The number of ether oxygens (including phenoxy) is 2. The highest BCUT2D eigenvalue weighted by molar-refractivity contribution is 8.19. The SMILES string of the molecule is CC(C)(C)OC(=O)N1C(CC2CCCCC2)C(CCC2(C(=O)O)SCCCS2)OC1(C)C. The fraction of sp³-hybridized carbons (Fsp3) is 0.917. The van der Waals surface area contributed by atoms with Gasteiger partial charge in [-0.05, 0) is 77.7 Å². The van der Waals surface area contributed by atoms with Gasteiger partial charge in [-0.25, -0.2) is 9.59 Å². The number of thioether (sulfide) groups is 2. The van der Waals surface area contributed by atoms with Crippen LogP contribution in [0.1, 0.15) is 92.4 Å². The molecule has 2 atom stereocenters. The Morgan fingerprint density at radius 1 is 1.09 bits per heavy atom. The lowest BCUT2D eigenvalue weighted by Crippen LogP contribution is -2.51. The summed E-state index contributed by atoms with van der Waals surface area (Å²) in [7, 11) is 0. The van der Waals surface area contributed by atoms with Crippen LogP contribution in [0.3, 0.4) is 0 Å². The first kappa shape index (κ1) is 26.0. The van der Waals surface area contributed by atoms with E-state index in [0.717, 1.165) is 24.3 Å². The van der Waals surface area contributed by atoms with Crippen molar-refractivity contribution in [3.63, 3.8) is 0 Å². The Morgan fingerprint density at radius 2 is 1.72 bits per heavy atom. The lowest BCUT2D eigenvalue weighted by atomic mass is 9.83. The third-order valence-electron chi connectivity index (χ3n) is 6.71. The second-order valence-corrected chi connectivity index (χ2v) is 14.0. The van der Waals surface area contributed by atoms with E-state index in [1.807, 2.05) is 39.5 Å². The minimum Gasteiger partial charge on any atom is -0.480 e. The Bertz CT molecular complexity index is 666. The minimum atomic E-state index is -0.805. The lowest BCUT2D eigenvalue weighted by Gasteiger charge is -2.37. The number of carboxylic acids is 1. The molecule has 2 heterocycles. The molecule has 0 aromatic heterocycles. The van der Waals surface area contributed by atoms with Crippen molar-refractivity contribution in [3.8, 4) is 0 Å². The van der Waals surface area contributed by atoms with Gasteiger partial charge < -0.3 is 14.6 Å². The van der Waals surface area contributed by atoms with Crippen molar-refractivity contribution in [2.24, 2.45) is 5.92 Å². The van der Waals surface area contributed by atoms with E-state index in [1.54, 1.807) is 23.5 Å². The molecule has 1 N–H and O–H groups in total. The van der Waals surface area contributed by atoms with Crippen LogP contribution in [0.25, 0.3) is 0 Å². The van der Waals surface area contributed by atoms with E-state index >= 15 is 0 Å². The summed E-state index contributed by atoms with van der Waals surface area (Å²) in [4.78, 5) is 27.3. The van der Waals surface area contributed by atoms with Gasteiger partial charge in [-0.15, -0.1) is 23.5 Å². The van der Waals surface area contributed by atoms with Gasteiger partial charge in [0.25, 0.3) is 0 Å². The zero-order chi connectivity index (χ0) is 23.6. The molecule has 0 spiro atoms. The summed E-state index contributed by atoms with van der Waals surface area (Å²) in [6.45, 7) is 9.52. The molecule has 0 radical (unpaired) electrons. The summed E-state index contributed by atoms with van der Waals surface area (Å²) in [6.07, 6.45) is 8.77. The average Bonchev–Trinajstić information content (AvgIpc) is 2.96. The third kappa shape index (κ3) is 6.29. The van der Waals surface area contributed by atoms with Crippen LogP contribution in [-0.2, 0) is 14.3 Å². The molecule has 2 unspecified atom stereocenters. The zero-order valence-electron chi connectivity index (χ0n) is 20.4. The number of carboxylic acid groups (broad SMARTS) is 1. The summed E-state index contributed by atoms with van der Waals surface area (Å²) >= 11 is 3.11. The Morgan fingerprint density at radius 3 is 2.28 bits per heavy atom. The summed E-state index contributed by atoms with van der Waals surface area (Å²) in [5, 5.41) is 9.99. The predicted octanol–water partition coefficient (Wildman–Crippen LogP) is 6.13. The van der Waals surface area contributed by atoms with Crippen molar-refractivity contribution >= 4 is 35.6 Å². The molecule has 2 aliphatic heterocycles. The highest BCUT2D eigenvalue weighted by Crippen LogP contribution is 2.48. The highest BCUT2D eigenvalue weighted by Gasteiger charge is 2.52. The number of aliphatic carboxylic acids is 1. The van der Waals surface area contributed by atoms with E-state index in [1.165, 1.54) is 32.1 Å². The Hall–Kier alpha value is -0.600. The van der Waals surface area contributed by atoms with E-state index in [2.05, 4.69) is 0 Å². The highest BCUT2D eigenvalue weighted by atomic mass is 32.2. The van der Waals surface area contributed by atoms with Crippen molar-refractivity contribution in [2.45, 2.75) is 120 Å². The number of rotatable bonds is 6. The maximum Gasteiger partial charge on any atom is 0.412 e. The van der Waals surface area contributed by atoms with Gasteiger partial charge in [-0.3, -0.25) is 4.90 Å². The molecular formula is C24H41NO5S2. The van der Waals surface area contributed by atoms with Crippen LogP contribution >= 0.6 is 23.5 Å². The van der Waals surface area contributed by atoms with Crippen LogP contribution in [0.5, 0.6) is 0 Å². The maximum atomic E-state index is 13.3. The van der Waals surface area contributed by atoms with E-state index in [-0.39, 0.29) is 18.2 Å². The van der Waals surface area contributed by atoms with E-state index in [9.17, 15) is 14.7 Å². The first-order valence-electron chi connectivity index (χ1n) is 12.1. The first-order valence-corrected chi connectivity index (χ1v) is 14.1. The molecule has 3 rings (SSSR count). The molecule has 32 heavy (non-hydrogen) atoms. The standard InChI is InChI=1S/C24H41NO5S2/c1-22(2,3)30-21(28)25-18(16-17-10-7-6-8-11-17)19(29-23(25,4)5)12-13-24(20(26)27)31-14-9-15-32-24/h17-19H,6-16H2,1-5H3,(H,26,27). The molecule has 8 heteroatoms. The molecule has 0 aromatic rings. The number of hydrogen-bond acceptors (Lipinski definition) is 6. The smallest absolute Gasteiger partial charge is 0.412 e. The summed E-state index contributed by atoms with van der Waals surface area (Å²) in [6, 6.07) is -0.0904. The van der Waals surface area contributed by atoms with Crippen molar-refractivity contribution in [1.29, 1.82) is 0 Å². The van der Waals surface area contributed by atoms with Gasteiger partial charge in [0.2, 0.25) is 0 Å². The largest absolute Gasteiger partial charge is 0.480 e. The van der Waals surface area contributed by atoms with Gasteiger partial charge in [-0.2, -0.15) is 0 Å². The summed E-state index contributed by atoms with van der Waals surface area (Å²) in [5.41, 5.74) is -1.36. The van der Waals surface area contributed by atoms with Gasteiger partial charge in [0, 0.05) is 0 Å². The van der Waals surface area contributed by atoms with E-state index in [4.69, 9.17) is 9.47 Å². The molecule has 1 aliphatic carbocycles. The first-order chi connectivity index (χ1) is 14.9. The second-order valence-electron chi connectivity index (χ2n) is 10.9. The quantitative estimate of drug-likeness (QED) is 0.483. The molecule has 3 aliphatic rings. The predicted molar refractivity (Wildman–Crippen MR) is 131 cm³/mol. The van der Waals surface area contributed by atoms with Crippen LogP contribution in [-0.4, -0.2) is 61.1 Å². The minimum absolute atomic E-state index is 0.0904. The number of carbonyl (C=O) groups excluding carboxylic acids is 1. The normalized spacial score (nSPS) is 28.5. The molecule has 0 bridgehead atoms. The van der Waals surface area contributed by atoms with Crippen LogP contribution < -0.4 is 0 Å². The van der Waals surface area contributed by atoms with Crippen molar-refractivity contribution in [1.82, 2.24) is 4.90 Å². The van der Waals surface area contributed by atoms with Gasteiger partial charge >= 0.3 is 12.1 Å². The Kier molecular flexibility index (Phi) is 8.41. The Balaban J connectivity index is 1.80. The van der Waals surface area contributed by atoms with Crippen LogP contribution in [0.15, 0.2) is 0 Å². The maximum absolute atomic E-state index is 13.3. The monoisotopic (exact) mass is 487 g/mol. The third-order valence-corrected chi connectivity index (χ3v) is 10.1. The number of hydrogen-bond donors (Lipinski definition) is 1. The Labute approximate surface area is 201 Å². The molecule has 2 saturated heterocycles. The molecule has 1 saturated carbocycles. The summed E-state index contributed by atoms with van der Waals surface area (Å²) < 4.78 is 11.5. The summed E-state index contributed by atoms with van der Waals surface area (Å²) in [5.74, 6) is 1.60. The topological polar surface area (TPSA) is 76.1 Å². The molecule has 0 aromatic carbocycles. The molecule has 184 valence electrons. The number of amides is 1. The van der Waals surface area contributed by atoms with E-state index in [0.29, 0.717) is 18.8 Å². The van der Waals surface area contributed by atoms with Crippen molar-refractivity contribution in [2.75, 3.05) is 11.5 Å².